The fraction of sp³-hybridized carbons (Fsp3) is 0.381. The van der Waals surface area contributed by atoms with Crippen molar-refractivity contribution in [3.63, 3.8) is 0 Å². The van der Waals surface area contributed by atoms with Crippen LogP contribution in [0.1, 0.15) is 29.5 Å². The maximum absolute atomic E-state index is 12.2. The second-order valence-electron chi connectivity index (χ2n) is 6.91. The number of amides is 1. The molecule has 3 rings (SSSR count). The second kappa shape index (κ2) is 8.50. The van der Waals surface area contributed by atoms with Gasteiger partial charge in [-0.1, -0.05) is 53.6 Å². The molecule has 1 aliphatic heterocycles. The Hall–Kier alpha value is -1.84. The van der Waals surface area contributed by atoms with Crippen molar-refractivity contribution < 1.29 is 4.79 Å². The highest BCUT2D eigenvalue weighted by Crippen LogP contribution is 2.16. The van der Waals surface area contributed by atoms with Crippen molar-refractivity contribution in [2.75, 3.05) is 13.1 Å². The van der Waals surface area contributed by atoms with E-state index >= 15 is 0 Å². The van der Waals surface area contributed by atoms with Gasteiger partial charge in [-0.15, -0.1) is 0 Å². The van der Waals surface area contributed by atoms with Gasteiger partial charge in [0.25, 0.3) is 0 Å². The topological polar surface area (TPSA) is 32.3 Å². The van der Waals surface area contributed by atoms with Crippen molar-refractivity contribution in [3.05, 3.63) is 70.2 Å². The highest BCUT2D eigenvalue weighted by atomic mass is 35.5. The molecular weight excluding hydrogens is 332 g/mol. The molecule has 1 aliphatic rings. The first-order chi connectivity index (χ1) is 12.1. The summed E-state index contributed by atoms with van der Waals surface area (Å²) in [5.74, 6) is 0.125. The van der Waals surface area contributed by atoms with E-state index in [1.165, 1.54) is 11.1 Å². The zero-order valence-electron chi connectivity index (χ0n) is 14.7. The summed E-state index contributed by atoms with van der Waals surface area (Å²) in [6.07, 6.45) is 2.48. The van der Waals surface area contributed by atoms with E-state index < -0.39 is 0 Å². The van der Waals surface area contributed by atoms with Gasteiger partial charge in [0.1, 0.15) is 0 Å². The van der Waals surface area contributed by atoms with Crippen LogP contribution in [-0.4, -0.2) is 29.9 Å². The predicted octanol–water partition coefficient (Wildman–Crippen LogP) is 3.97. The first-order valence-electron chi connectivity index (χ1n) is 8.90. The Morgan fingerprint density at radius 2 is 1.64 bits per heavy atom. The molecule has 25 heavy (non-hydrogen) atoms. The third-order valence-electron chi connectivity index (χ3n) is 4.76. The van der Waals surface area contributed by atoms with Gasteiger partial charge < -0.3 is 5.32 Å². The summed E-state index contributed by atoms with van der Waals surface area (Å²) in [6.45, 7) is 5.03. The minimum atomic E-state index is 0.125. The Bertz CT molecular complexity index is 689. The van der Waals surface area contributed by atoms with Crippen LogP contribution in [0, 0.1) is 6.92 Å². The summed E-state index contributed by atoms with van der Waals surface area (Å²) < 4.78 is 0. The normalized spacial score (nSPS) is 15.9. The highest BCUT2D eigenvalue weighted by Gasteiger charge is 2.20. The molecule has 1 fully saturated rings. The average Bonchev–Trinajstić information content (AvgIpc) is 2.61. The number of benzene rings is 2. The zero-order chi connectivity index (χ0) is 17.6. The van der Waals surface area contributed by atoms with E-state index in [2.05, 4.69) is 41.4 Å². The molecular formula is C21H25ClN2O. The number of likely N-dealkylation sites (tertiary alicyclic amines) is 1. The molecule has 0 radical (unpaired) electrons. The van der Waals surface area contributed by atoms with Crippen LogP contribution in [0.2, 0.25) is 5.02 Å². The van der Waals surface area contributed by atoms with Crippen LogP contribution < -0.4 is 5.32 Å². The number of carbonyl (C=O) groups is 1. The van der Waals surface area contributed by atoms with Crippen LogP contribution >= 0.6 is 11.6 Å². The van der Waals surface area contributed by atoms with Crippen LogP contribution in [-0.2, 0) is 17.8 Å². The summed E-state index contributed by atoms with van der Waals surface area (Å²) in [5, 5.41) is 3.97. The number of piperidine rings is 1. The molecule has 1 amide bonds. The molecule has 1 N–H and O–H groups in total. The number of hydrogen-bond donors (Lipinski definition) is 1. The molecule has 0 unspecified atom stereocenters. The number of hydrogen-bond acceptors (Lipinski definition) is 2. The van der Waals surface area contributed by atoms with Crippen molar-refractivity contribution in [1.82, 2.24) is 10.2 Å². The lowest BCUT2D eigenvalue weighted by Gasteiger charge is -2.32. The highest BCUT2D eigenvalue weighted by molar-refractivity contribution is 6.30. The molecule has 1 heterocycles. The van der Waals surface area contributed by atoms with Crippen molar-refractivity contribution >= 4 is 17.5 Å². The van der Waals surface area contributed by atoms with Crippen LogP contribution in [0.5, 0.6) is 0 Å². The fourth-order valence-corrected chi connectivity index (χ4v) is 3.38. The maximum Gasteiger partial charge on any atom is 0.224 e. The van der Waals surface area contributed by atoms with Gasteiger partial charge in [0.2, 0.25) is 5.91 Å². The van der Waals surface area contributed by atoms with Crippen molar-refractivity contribution in [2.45, 2.75) is 38.8 Å². The first-order valence-corrected chi connectivity index (χ1v) is 9.28. The average molecular weight is 357 g/mol. The fourth-order valence-electron chi connectivity index (χ4n) is 3.25. The van der Waals surface area contributed by atoms with Gasteiger partial charge >= 0.3 is 0 Å². The maximum atomic E-state index is 12.2. The van der Waals surface area contributed by atoms with Crippen LogP contribution in [0.25, 0.3) is 0 Å². The van der Waals surface area contributed by atoms with Gasteiger partial charge in [0.15, 0.2) is 0 Å². The Morgan fingerprint density at radius 1 is 1.04 bits per heavy atom. The summed E-state index contributed by atoms with van der Waals surface area (Å²) in [6, 6.07) is 16.5. The first kappa shape index (κ1) is 18.0. The van der Waals surface area contributed by atoms with Crippen LogP contribution in [0.3, 0.4) is 0 Å². The summed E-state index contributed by atoms with van der Waals surface area (Å²) in [5.41, 5.74) is 3.58. The summed E-state index contributed by atoms with van der Waals surface area (Å²) in [4.78, 5) is 14.7. The minimum absolute atomic E-state index is 0.125. The van der Waals surface area contributed by atoms with Gasteiger partial charge in [0.05, 0.1) is 6.42 Å². The number of carbonyl (C=O) groups excluding carboxylic acids is 1. The molecule has 0 aromatic heterocycles. The molecule has 0 atom stereocenters. The molecule has 0 spiro atoms. The zero-order valence-corrected chi connectivity index (χ0v) is 15.4. The second-order valence-corrected chi connectivity index (χ2v) is 7.34. The third-order valence-corrected chi connectivity index (χ3v) is 5.01. The number of rotatable bonds is 5. The van der Waals surface area contributed by atoms with E-state index in [9.17, 15) is 4.79 Å². The smallest absolute Gasteiger partial charge is 0.224 e. The standard InChI is InChI=1S/C21H25ClN2O/c1-16-2-4-17(5-3-16)14-21(25)23-20-10-12-24(13-11-20)15-18-6-8-19(22)9-7-18/h2-9,20H,10-15H2,1H3,(H,23,25). The van der Waals surface area contributed by atoms with Crippen molar-refractivity contribution in [1.29, 1.82) is 0 Å². The number of halogens is 1. The predicted molar refractivity (Wildman–Crippen MR) is 103 cm³/mol. The monoisotopic (exact) mass is 356 g/mol. The van der Waals surface area contributed by atoms with Gasteiger partial charge in [-0.25, -0.2) is 0 Å². The molecule has 0 saturated carbocycles. The molecule has 0 bridgehead atoms. The Labute approximate surface area is 155 Å². The SMILES string of the molecule is Cc1ccc(CC(=O)NC2CCN(Cc3ccc(Cl)cc3)CC2)cc1. The van der Waals surface area contributed by atoms with Crippen LogP contribution in [0.15, 0.2) is 48.5 Å². The quantitative estimate of drug-likeness (QED) is 0.879. The molecule has 2 aromatic rings. The lowest BCUT2D eigenvalue weighted by Crippen LogP contribution is -2.44. The third kappa shape index (κ3) is 5.58. The summed E-state index contributed by atoms with van der Waals surface area (Å²) in [7, 11) is 0. The van der Waals surface area contributed by atoms with E-state index in [4.69, 9.17) is 11.6 Å². The molecule has 4 heteroatoms. The molecule has 1 saturated heterocycles. The van der Waals surface area contributed by atoms with Gasteiger partial charge in [0, 0.05) is 30.7 Å². The Balaban J connectivity index is 1.42. The Kier molecular flexibility index (Phi) is 6.11. The van der Waals surface area contributed by atoms with E-state index in [0.29, 0.717) is 12.5 Å². The van der Waals surface area contributed by atoms with E-state index in [1.54, 1.807) is 0 Å². The minimum Gasteiger partial charge on any atom is -0.353 e. The number of nitrogens with zero attached hydrogens (tertiary/aromatic N) is 1. The van der Waals surface area contributed by atoms with Crippen molar-refractivity contribution in [3.8, 4) is 0 Å². The van der Waals surface area contributed by atoms with Gasteiger partial charge in [-0.3, -0.25) is 9.69 Å². The molecule has 3 nitrogen and oxygen atoms in total. The van der Waals surface area contributed by atoms with Gasteiger partial charge in [-0.2, -0.15) is 0 Å². The van der Waals surface area contributed by atoms with E-state index in [-0.39, 0.29) is 5.91 Å². The molecule has 0 aliphatic carbocycles. The lowest BCUT2D eigenvalue weighted by atomic mass is 10.0. The lowest BCUT2D eigenvalue weighted by molar-refractivity contribution is -0.121. The molecule has 2 aromatic carbocycles. The van der Waals surface area contributed by atoms with Gasteiger partial charge in [-0.05, 0) is 43.0 Å². The summed E-state index contributed by atoms with van der Waals surface area (Å²) >= 11 is 5.93. The molecule has 132 valence electrons. The number of nitrogens with one attached hydrogen (secondary N) is 1. The largest absolute Gasteiger partial charge is 0.353 e. The van der Waals surface area contributed by atoms with E-state index in [0.717, 1.165) is 43.1 Å². The Morgan fingerprint density at radius 3 is 2.28 bits per heavy atom. The van der Waals surface area contributed by atoms with Crippen molar-refractivity contribution in [2.24, 2.45) is 0 Å². The van der Waals surface area contributed by atoms with Crippen LogP contribution in [0.4, 0.5) is 0 Å². The van der Waals surface area contributed by atoms with E-state index in [1.807, 2.05) is 24.3 Å². The number of aryl methyl sites for hydroxylation is 1.